The van der Waals surface area contributed by atoms with E-state index in [9.17, 15) is 9.90 Å². The van der Waals surface area contributed by atoms with E-state index in [1.807, 2.05) is 0 Å². The lowest BCUT2D eigenvalue weighted by molar-refractivity contribution is -0.154. The zero-order valence-corrected chi connectivity index (χ0v) is 10.0. The molecule has 0 bridgehead atoms. The van der Waals surface area contributed by atoms with E-state index in [1.54, 1.807) is 0 Å². The standard InChI is InChI=1S/C13H23NO2/c15-12(16)13(7-4-8-13)10-14-9-11-5-2-1-3-6-11/h11,14H,1-10H2,(H,15,16). The summed E-state index contributed by atoms with van der Waals surface area (Å²) in [7, 11) is 0. The van der Waals surface area contributed by atoms with Crippen LogP contribution in [0, 0.1) is 11.3 Å². The lowest BCUT2D eigenvalue weighted by Crippen LogP contribution is -2.47. The second kappa shape index (κ2) is 5.17. The molecule has 2 aliphatic carbocycles. The van der Waals surface area contributed by atoms with Crippen molar-refractivity contribution in [3.05, 3.63) is 0 Å². The van der Waals surface area contributed by atoms with Gasteiger partial charge in [0.05, 0.1) is 5.41 Å². The van der Waals surface area contributed by atoms with Crippen LogP contribution in [0.2, 0.25) is 0 Å². The first-order valence-corrected chi connectivity index (χ1v) is 6.67. The van der Waals surface area contributed by atoms with Crippen molar-refractivity contribution in [2.75, 3.05) is 13.1 Å². The van der Waals surface area contributed by atoms with E-state index < -0.39 is 11.4 Å². The number of carbonyl (C=O) groups is 1. The van der Waals surface area contributed by atoms with Gasteiger partial charge < -0.3 is 10.4 Å². The van der Waals surface area contributed by atoms with E-state index in [0.717, 1.165) is 31.7 Å². The summed E-state index contributed by atoms with van der Waals surface area (Å²) in [6.45, 7) is 1.70. The number of rotatable bonds is 5. The van der Waals surface area contributed by atoms with Crippen molar-refractivity contribution in [1.29, 1.82) is 0 Å². The number of aliphatic carboxylic acids is 1. The first-order chi connectivity index (χ1) is 7.73. The molecule has 0 radical (unpaired) electrons. The molecular formula is C13H23NO2. The molecule has 0 amide bonds. The zero-order chi connectivity index (χ0) is 11.4. The Bertz CT molecular complexity index is 242. The van der Waals surface area contributed by atoms with Gasteiger partial charge in [0.1, 0.15) is 0 Å². The van der Waals surface area contributed by atoms with Crippen LogP contribution in [0.4, 0.5) is 0 Å². The van der Waals surface area contributed by atoms with E-state index in [1.165, 1.54) is 32.1 Å². The molecule has 2 saturated carbocycles. The number of hydrogen-bond donors (Lipinski definition) is 2. The topological polar surface area (TPSA) is 49.3 Å². The highest BCUT2D eigenvalue weighted by atomic mass is 16.4. The Kier molecular flexibility index (Phi) is 3.85. The summed E-state index contributed by atoms with van der Waals surface area (Å²) in [5, 5.41) is 12.6. The molecule has 3 nitrogen and oxygen atoms in total. The van der Waals surface area contributed by atoms with Crippen LogP contribution in [0.15, 0.2) is 0 Å². The van der Waals surface area contributed by atoms with Gasteiger partial charge in [-0.25, -0.2) is 0 Å². The van der Waals surface area contributed by atoms with Gasteiger partial charge in [-0.15, -0.1) is 0 Å². The van der Waals surface area contributed by atoms with Crippen molar-refractivity contribution in [3.8, 4) is 0 Å². The average Bonchev–Trinajstić information content (AvgIpc) is 2.23. The molecule has 0 aromatic heterocycles. The molecule has 0 spiro atoms. The molecule has 2 N–H and O–H groups in total. The Morgan fingerprint density at radius 3 is 2.38 bits per heavy atom. The minimum atomic E-state index is -0.602. The summed E-state index contributed by atoms with van der Waals surface area (Å²) in [6, 6.07) is 0. The zero-order valence-electron chi connectivity index (χ0n) is 10.0. The summed E-state index contributed by atoms with van der Waals surface area (Å²) in [5.41, 5.74) is -0.422. The molecule has 2 aliphatic rings. The van der Waals surface area contributed by atoms with E-state index >= 15 is 0 Å². The second-order valence-electron chi connectivity index (χ2n) is 5.57. The van der Waals surface area contributed by atoms with Gasteiger partial charge in [0.2, 0.25) is 0 Å². The molecule has 0 aromatic carbocycles. The fraction of sp³-hybridized carbons (Fsp3) is 0.923. The molecule has 92 valence electrons. The fourth-order valence-electron chi connectivity index (χ4n) is 2.98. The van der Waals surface area contributed by atoms with Gasteiger partial charge in [0.25, 0.3) is 0 Å². The largest absolute Gasteiger partial charge is 0.481 e. The van der Waals surface area contributed by atoms with Crippen molar-refractivity contribution in [2.45, 2.75) is 51.4 Å². The molecule has 0 unspecified atom stereocenters. The van der Waals surface area contributed by atoms with Crippen LogP contribution in [0.25, 0.3) is 0 Å². The van der Waals surface area contributed by atoms with E-state index in [2.05, 4.69) is 5.32 Å². The van der Waals surface area contributed by atoms with Gasteiger partial charge in [-0.2, -0.15) is 0 Å². The fourth-order valence-corrected chi connectivity index (χ4v) is 2.98. The quantitative estimate of drug-likeness (QED) is 0.755. The van der Waals surface area contributed by atoms with Gasteiger partial charge in [-0.3, -0.25) is 4.79 Å². The maximum Gasteiger partial charge on any atom is 0.310 e. The molecule has 16 heavy (non-hydrogen) atoms. The first kappa shape index (κ1) is 11.9. The van der Waals surface area contributed by atoms with E-state index in [-0.39, 0.29) is 0 Å². The van der Waals surface area contributed by atoms with Crippen LogP contribution in [-0.2, 0) is 4.79 Å². The summed E-state index contributed by atoms with van der Waals surface area (Å²) in [5.74, 6) is 0.189. The van der Waals surface area contributed by atoms with Crippen LogP contribution >= 0.6 is 0 Å². The molecule has 3 heteroatoms. The maximum absolute atomic E-state index is 11.1. The van der Waals surface area contributed by atoms with Crippen molar-refractivity contribution in [3.63, 3.8) is 0 Å². The molecule has 0 aromatic rings. The average molecular weight is 225 g/mol. The molecule has 0 atom stereocenters. The molecular weight excluding hydrogens is 202 g/mol. The van der Waals surface area contributed by atoms with Crippen molar-refractivity contribution in [1.82, 2.24) is 5.32 Å². The Morgan fingerprint density at radius 1 is 1.19 bits per heavy atom. The first-order valence-electron chi connectivity index (χ1n) is 6.67. The summed E-state index contributed by atoms with van der Waals surface area (Å²) in [6.07, 6.45) is 9.56. The highest BCUT2D eigenvalue weighted by molar-refractivity contribution is 5.76. The Labute approximate surface area is 97.6 Å². The Balaban J connectivity index is 1.68. The van der Waals surface area contributed by atoms with E-state index in [0.29, 0.717) is 6.54 Å². The molecule has 0 heterocycles. The Morgan fingerprint density at radius 2 is 1.88 bits per heavy atom. The van der Waals surface area contributed by atoms with Crippen LogP contribution in [0.1, 0.15) is 51.4 Å². The monoisotopic (exact) mass is 225 g/mol. The summed E-state index contributed by atoms with van der Waals surface area (Å²) >= 11 is 0. The smallest absolute Gasteiger partial charge is 0.310 e. The van der Waals surface area contributed by atoms with Crippen LogP contribution in [-0.4, -0.2) is 24.2 Å². The van der Waals surface area contributed by atoms with Crippen LogP contribution in [0.3, 0.4) is 0 Å². The minimum Gasteiger partial charge on any atom is -0.481 e. The number of carboxylic acid groups (broad SMARTS) is 1. The molecule has 0 aliphatic heterocycles. The third kappa shape index (κ3) is 2.57. The highest BCUT2D eigenvalue weighted by Gasteiger charge is 2.43. The SMILES string of the molecule is O=C(O)C1(CNCC2CCCCC2)CCC1. The second-order valence-corrected chi connectivity index (χ2v) is 5.57. The third-order valence-corrected chi connectivity index (χ3v) is 4.39. The summed E-state index contributed by atoms with van der Waals surface area (Å²) < 4.78 is 0. The molecule has 2 rings (SSSR count). The van der Waals surface area contributed by atoms with Crippen LogP contribution < -0.4 is 5.32 Å². The minimum absolute atomic E-state index is 0.422. The molecule has 0 saturated heterocycles. The normalized spacial score (nSPS) is 25.0. The third-order valence-electron chi connectivity index (χ3n) is 4.39. The predicted molar refractivity (Wildman–Crippen MR) is 63.4 cm³/mol. The van der Waals surface area contributed by atoms with Crippen molar-refractivity contribution in [2.24, 2.45) is 11.3 Å². The maximum atomic E-state index is 11.1. The van der Waals surface area contributed by atoms with Gasteiger partial charge in [-0.05, 0) is 38.1 Å². The summed E-state index contributed by atoms with van der Waals surface area (Å²) in [4.78, 5) is 11.1. The van der Waals surface area contributed by atoms with Gasteiger partial charge in [0.15, 0.2) is 0 Å². The number of hydrogen-bond acceptors (Lipinski definition) is 2. The predicted octanol–water partition coefficient (Wildman–Crippen LogP) is 2.41. The number of nitrogens with one attached hydrogen (secondary N) is 1. The lowest BCUT2D eigenvalue weighted by Gasteiger charge is -2.38. The molecule has 2 fully saturated rings. The van der Waals surface area contributed by atoms with E-state index in [4.69, 9.17) is 0 Å². The van der Waals surface area contributed by atoms with Gasteiger partial charge in [0, 0.05) is 6.54 Å². The van der Waals surface area contributed by atoms with Gasteiger partial charge in [-0.1, -0.05) is 25.7 Å². The van der Waals surface area contributed by atoms with Gasteiger partial charge >= 0.3 is 5.97 Å². The number of carboxylic acids is 1. The highest BCUT2D eigenvalue weighted by Crippen LogP contribution is 2.40. The van der Waals surface area contributed by atoms with Crippen molar-refractivity contribution < 1.29 is 9.90 Å². The van der Waals surface area contributed by atoms with Crippen molar-refractivity contribution >= 4 is 5.97 Å². The van der Waals surface area contributed by atoms with Crippen LogP contribution in [0.5, 0.6) is 0 Å². The Hall–Kier alpha value is -0.570. The lowest BCUT2D eigenvalue weighted by atomic mass is 9.68.